The lowest BCUT2D eigenvalue weighted by Crippen LogP contribution is -2.05. The van der Waals surface area contributed by atoms with Gasteiger partial charge in [0.2, 0.25) is 0 Å². The molecule has 0 aromatic rings. The first kappa shape index (κ1) is 10.4. The first-order valence-electron chi connectivity index (χ1n) is 3.47. The average molecular weight is 161 g/mol. The second-order valence-corrected chi connectivity index (χ2v) is 1.89. The van der Waals surface area contributed by atoms with E-state index in [1.54, 1.807) is 7.11 Å². The van der Waals surface area contributed by atoms with E-state index in [0.717, 1.165) is 6.42 Å². The zero-order chi connectivity index (χ0) is 8.36. The molecule has 65 valence electrons. The molecular formula is C7H13O4. The van der Waals surface area contributed by atoms with E-state index in [4.69, 9.17) is 9.47 Å². The number of hydrogen-bond donors (Lipinski definition) is 0. The van der Waals surface area contributed by atoms with Crippen LogP contribution in [-0.4, -0.2) is 40.0 Å². The van der Waals surface area contributed by atoms with Crippen LogP contribution in [0, 0.1) is 0 Å². The van der Waals surface area contributed by atoms with Crippen LogP contribution >= 0.6 is 0 Å². The van der Waals surface area contributed by atoms with Gasteiger partial charge < -0.3 is 14.2 Å². The maximum Gasteiger partial charge on any atom is 0.417 e. The van der Waals surface area contributed by atoms with E-state index in [1.807, 2.05) is 0 Å². The van der Waals surface area contributed by atoms with Gasteiger partial charge in [0.1, 0.15) is 6.61 Å². The van der Waals surface area contributed by atoms with Crippen LogP contribution < -0.4 is 0 Å². The van der Waals surface area contributed by atoms with Crippen molar-refractivity contribution in [3.63, 3.8) is 0 Å². The van der Waals surface area contributed by atoms with Gasteiger partial charge in [0, 0.05) is 20.3 Å². The fourth-order valence-electron chi connectivity index (χ4n) is 0.550. The third-order valence-electron chi connectivity index (χ3n) is 1.03. The molecule has 4 nitrogen and oxygen atoms in total. The fourth-order valence-corrected chi connectivity index (χ4v) is 0.550. The molecule has 0 saturated heterocycles. The highest BCUT2D eigenvalue weighted by atomic mass is 16.5. The first-order chi connectivity index (χ1) is 5.41. The Kier molecular flexibility index (Phi) is 8.87. The van der Waals surface area contributed by atoms with Crippen molar-refractivity contribution >= 4 is 6.47 Å². The first-order valence-corrected chi connectivity index (χ1v) is 3.47. The lowest BCUT2D eigenvalue weighted by molar-refractivity contribution is 0.0768. The van der Waals surface area contributed by atoms with Crippen molar-refractivity contribution in [1.82, 2.24) is 0 Å². The third kappa shape index (κ3) is 9.39. The van der Waals surface area contributed by atoms with Crippen LogP contribution in [0.3, 0.4) is 0 Å². The van der Waals surface area contributed by atoms with Gasteiger partial charge >= 0.3 is 6.47 Å². The van der Waals surface area contributed by atoms with Crippen LogP contribution in [0.5, 0.6) is 0 Å². The van der Waals surface area contributed by atoms with E-state index in [0.29, 0.717) is 19.8 Å². The van der Waals surface area contributed by atoms with Gasteiger partial charge in [0.15, 0.2) is 0 Å². The largest absolute Gasteiger partial charge is 0.455 e. The van der Waals surface area contributed by atoms with Gasteiger partial charge in [-0.25, -0.2) is 4.79 Å². The van der Waals surface area contributed by atoms with Gasteiger partial charge in [0.25, 0.3) is 0 Å². The summed E-state index contributed by atoms with van der Waals surface area (Å²) in [6, 6.07) is 0. The molecule has 1 radical (unpaired) electrons. The molecule has 0 amide bonds. The second kappa shape index (κ2) is 9.39. The summed E-state index contributed by atoms with van der Waals surface area (Å²) >= 11 is 0. The van der Waals surface area contributed by atoms with Crippen LogP contribution in [0.1, 0.15) is 6.42 Å². The Balaban J connectivity index is 2.74. The van der Waals surface area contributed by atoms with Gasteiger partial charge in [-0.1, -0.05) is 0 Å². The molecule has 4 heteroatoms. The van der Waals surface area contributed by atoms with Crippen LogP contribution in [0.2, 0.25) is 0 Å². The van der Waals surface area contributed by atoms with Crippen molar-refractivity contribution in [3.05, 3.63) is 0 Å². The Hall–Kier alpha value is -0.610. The van der Waals surface area contributed by atoms with Crippen molar-refractivity contribution in [2.75, 3.05) is 33.5 Å². The second-order valence-electron chi connectivity index (χ2n) is 1.89. The molecular weight excluding hydrogens is 148 g/mol. The molecule has 0 aliphatic carbocycles. The summed E-state index contributed by atoms with van der Waals surface area (Å²) in [6.45, 7) is 3.35. The van der Waals surface area contributed by atoms with Gasteiger partial charge in [-0.2, -0.15) is 0 Å². The Morgan fingerprint density at radius 1 is 1.18 bits per heavy atom. The van der Waals surface area contributed by atoms with Crippen LogP contribution in [-0.2, 0) is 19.0 Å². The Labute approximate surface area is 66.4 Å². The van der Waals surface area contributed by atoms with Crippen LogP contribution in [0.4, 0.5) is 0 Å². The molecule has 0 rings (SSSR count). The molecule has 0 aromatic carbocycles. The number of carbonyl (C=O) groups excluding carboxylic acids is 1. The molecule has 0 heterocycles. The van der Waals surface area contributed by atoms with Crippen molar-refractivity contribution in [1.29, 1.82) is 0 Å². The smallest absolute Gasteiger partial charge is 0.417 e. The van der Waals surface area contributed by atoms with E-state index in [1.165, 1.54) is 6.47 Å². The summed E-state index contributed by atoms with van der Waals surface area (Å²) in [6.07, 6.45) is 0.862. The molecule has 11 heavy (non-hydrogen) atoms. The number of methoxy groups -OCH3 is 1. The highest BCUT2D eigenvalue weighted by Crippen LogP contribution is 1.83. The summed E-state index contributed by atoms with van der Waals surface area (Å²) in [5.41, 5.74) is 0. The highest BCUT2D eigenvalue weighted by molar-refractivity contribution is 5.37. The summed E-state index contributed by atoms with van der Waals surface area (Å²) in [4.78, 5) is 9.52. The molecule has 0 saturated carbocycles. The fraction of sp³-hybridized carbons (Fsp3) is 0.857. The molecule has 0 N–H and O–H groups in total. The monoisotopic (exact) mass is 161 g/mol. The predicted molar refractivity (Wildman–Crippen MR) is 39.0 cm³/mol. The summed E-state index contributed by atoms with van der Waals surface area (Å²) < 4.78 is 14.1. The van der Waals surface area contributed by atoms with Gasteiger partial charge in [-0.15, -0.1) is 0 Å². The summed E-state index contributed by atoms with van der Waals surface area (Å²) in [5.74, 6) is 0. The molecule has 0 aliphatic heterocycles. The minimum absolute atomic E-state index is 0.274. The van der Waals surface area contributed by atoms with Crippen molar-refractivity contribution in [3.8, 4) is 0 Å². The van der Waals surface area contributed by atoms with E-state index in [9.17, 15) is 4.79 Å². The minimum Gasteiger partial charge on any atom is -0.455 e. The lowest BCUT2D eigenvalue weighted by atomic mass is 10.5. The van der Waals surface area contributed by atoms with E-state index in [2.05, 4.69) is 4.74 Å². The SMILES string of the molecule is COCCCOCCO[C]=O. The lowest BCUT2D eigenvalue weighted by Gasteiger charge is -2.01. The van der Waals surface area contributed by atoms with E-state index >= 15 is 0 Å². The number of hydrogen-bond acceptors (Lipinski definition) is 4. The average Bonchev–Trinajstić information content (AvgIpc) is 2.03. The standard InChI is InChI=1S/C7H13O4/c1-9-3-2-4-10-5-6-11-7-8/h2-6H2,1H3. The molecule has 0 aromatic heterocycles. The van der Waals surface area contributed by atoms with Gasteiger partial charge in [-0.05, 0) is 6.42 Å². The topological polar surface area (TPSA) is 44.8 Å². The van der Waals surface area contributed by atoms with E-state index in [-0.39, 0.29) is 6.61 Å². The molecule has 0 bridgehead atoms. The Morgan fingerprint density at radius 2 is 2.00 bits per heavy atom. The Morgan fingerprint density at radius 3 is 2.64 bits per heavy atom. The normalized spacial score (nSPS) is 9.55. The van der Waals surface area contributed by atoms with Crippen molar-refractivity contribution in [2.24, 2.45) is 0 Å². The Bertz CT molecular complexity index is 84.5. The van der Waals surface area contributed by atoms with Crippen molar-refractivity contribution in [2.45, 2.75) is 6.42 Å². The van der Waals surface area contributed by atoms with Crippen molar-refractivity contribution < 1.29 is 19.0 Å². The quantitative estimate of drug-likeness (QED) is 0.474. The maximum atomic E-state index is 9.52. The van der Waals surface area contributed by atoms with E-state index < -0.39 is 0 Å². The van der Waals surface area contributed by atoms with Crippen LogP contribution in [0.15, 0.2) is 0 Å². The third-order valence-corrected chi connectivity index (χ3v) is 1.03. The molecule has 0 aliphatic rings. The number of rotatable bonds is 8. The zero-order valence-electron chi connectivity index (χ0n) is 6.67. The summed E-state index contributed by atoms with van der Waals surface area (Å²) in [7, 11) is 1.64. The predicted octanol–water partition coefficient (Wildman–Crippen LogP) is 0.123. The summed E-state index contributed by atoms with van der Waals surface area (Å²) in [5, 5.41) is 0. The molecule has 0 fully saturated rings. The minimum atomic E-state index is 0.274. The maximum absolute atomic E-state index is 9.52. The van der Waals surface area contributed by atoms with Gasteiger partial charge in [0.05, 0.1) is 6.61 Å². The molecule has 0 unspecified atom stereocenters. The van der Waals surface area contributed by atoms with Gasteiger partial charge in [-0.3, -0.25) is 0 Å². The molecule has 0 spiro atoms. The number of ether oxygens (including phenoxy) is 3. The highest BCUT2D eigenvalue weighted by Gasteiger charge is 1.88. The van der Waals surface area contributed by atoms with Crippen LogP contribution in [0.25, 0.3) is 0 Å². The zero-order valence-corrected chi connectivity index (χ0v) is 6.67. The molecule has 0 atom stereocenters.